The van der Waals surface area contributed by atoms with Gasteiger partial charge >= 0.3 is 18.2 Å². The molecule has 3 amide bonds. The summed E-state index contributed by atoms with van der Waals surface area (Å²) < 4.78 is 21.5. The number of nitrogens with one attached hydrogen (secondary N) is 3. The number of alkyl halides is 1. The Bertz CT molecular complexity index is 529. The summed E-state index contributed by atoms with van der Waals surface area (Å²) in [5.41, 5.74) is -1.10. The number of rotatable bonds is 8. The number of hydrogen-bond donors (Lipinski definition) is 4. The highest BCUT2D eigenvalue weighted by atomic mass is 19.1. The van der Waals surface area contributed by atoms with Crippen LogP contribution in [0.15, 0.2) is 0 Å². The van der Waals surface area contributed by atoms with Crippen molar-refractivity contribution < 1.29 is 38.1 Å². The van der Waals surface area contributed by atoms with Crippen LogP contribution in [-0.4, -0.2) is 66.7 Å². The van der Waals surface area contributed by atoms with Crippen LogP contribution in [0, 0.1) is 0 Å². The summed E-state index contributed by atoms with van der Waals surface area (Å²) in [6.07, 6.45) is -1.14. The van der Waals surface area contributed by atoms with Crippen molar-refractivity contribution in [3.05, 3.63) is 0 Å². The van der Waals surface area contributed by atoms with E-state index in [9.17, 15) is 23.6 Å². The maximum atomic E-state index is 11.7. The molecule has 0 aromatic carbocycles. The van der Waals surface area contributed by atoms with Gasteiger partial charge < -0.3 is 30.5 Å². The largest absolute Gasteiger partial charge is 0.481 e. The first kappa shape index (κ1) is 28.6. The topological polar surface area (TPSA) is 143 Å². The van der Waals surface area contributed by atoms with Gasteiger partial charge in [-0.25, -0.2) is 14.0 Å². The van der Waals surface area contributed by atoms with Crippen molar-refractivity contribution >= 4 is 24.1 Å². The number of carboxylic acid groups (broad SMARTS) is 1. The minimum absolute atomic E-state index is 0.00523. The zero-order valence-corrected chi connectivity index (χ0v) is 18.0. The summed E-state index contributed by atoms with van der Waals surface area (Å²) in [6.45, 7) is 10.1. The van der Waals surface area contributed by atoms with Gasteiger partial charge in [-0.3, -0.25) is 9.59 Å². The van der Waals surface area contributed by atoms with Gasteiger partial charge in [0.25, 0.3) is 0 Å². The number of carboxylic acids is 1. The summed E-state index contributed by atoms with van der Waals surface area (Å²) in [4.78, 5) is 43.1. The van der Waals surface area contributed by atoms with Crippen LogP contribution < -0.4 is 16.0 Å². The molecule has 0 fully saturated rings. The second kappa shape index (κ2) is 14.4. The van der Waals surface area contributed by atoms with E-state index >= 15 is 0 Å². The highest BCUT2D eigenvalue weighted by molar-refractivity contribution is 5.77. The number of ether oxygens (including phenoxy) is 2. The molecule has 0 saturated carbocycles. The summed E-state index contributed by atoms with van der Waals surface area (Å²) in [5, 5.41) is 15.4. The average Bonchev–Trinajstić information content (AvgIpc) is 2.49. The van der Waals surface area contributed by atoms with Gasteiger partial charge in [0.05, 0.1) is 6.42 Å². The maximum Gasteiger partial charge on any atom is 0.407 e. The molecule has 0 bridgehead atoms. The molecule has 0 rings (SSSR count). The van der Waals surface area contributed by atoms with Crippen molar-refractivity contribution in [2.75, 3.05) is 26.3 Å². The lowest BCUT2D eigenvalue weighted by atomic mass is 10.2. The molecule has 0 aliphatic heterocycles. The zero-order chi connectivity index (χ0) is 23.1. The highest BCUT2D eigenvalue weighted by Crippen LogP contribution is 2.06. The predicted octanol–water partition coefficient (Wildman–Crippen LogP) is 1.97. The first-order valence-electron chi connectivity index (χ1n) is 9.14. The van der Waals surface area contributed by atoms with Gasteiger partial charge in [-0.1, -0.05) is 0 Å². The molecule has 29 heavy (non-hydrogen) atoms. The molecule has 0 aliphatic carbocycles. The van der Waals surface area contributed by atoms with E-state index in [1.54, 1.807) is 41.5 Å². The van der Waals surface area contributed by atoms with E-state index in [1.165, 1.54) is 0 Å². The summed E-state index contributed by atoms with van der Waals surface area (Å²) in [5.74, 6) is -1.25. The van der Waals surface area contributed by atoms with Crippen molar-refractivity contribution in [2.24, 2.45) is 0 Å². The van der Waals surface area contributed by atoms with Crippen molar-refractivity contribution in [1.82, 2.24) is 16.0 Å². The number of alkyl carbamates (subject to hydrolysis) is 2. The smallest absolute Gasteiger partial charge is 0.407 e. The Morgan fingerprint density at radius 1 is 0.759 bits per heavy atom. The maximum absolute atomic E-state index is 11.7. The molecule has 0 saturated heterocycles. The van der Waals surface area contributed by atoms with E-state index in [1.807, 2.05) is 0 Å². The Morgan fingerprint density at radius 3 is 1.52 bits per heavy atom. The number of halogens is 1. The van der Waals surface area contributed by atoms with Gasteiger partial charge in [0.2, 0.25) is 5.91 Å². The number of amides is 3. The zero-order valence-electron chi connectivity index (χ0n) is 18.0. The predicted molar refractivity (Wildman–Crippen MR) is 104 cm³/mol. The minimum Gasteiger partial charge on any atom is -0.481 e. The number of carbonyl (C=O) groups is 4. The molecule has 0 aliphatic rings. The molecular formula is C18H34FN3O7. The molecule has 0 heterocycles. The molecule has 4 N–H and O–H groups in total. The van der Waals surface area contributed by atoms with Gasteiger partial charge in [0, 0.05) is 26.1 Å². The van der Waals surface area contributed by atoms with Crippen LogP contribution >= 0.6 is 0 Å². The Hall–Kier alpha value is -2.59. The monoisotopic (exact) mass is 423 g/mol. The van der Waals surface area contributed by atoms with Gasteiger partial charge in [-0.2, -0.15) is 0 Å². The Balaban J connectivity index is 0. The van der Waals surface area contributed by atoms with Gasteiger partial charge in [0.1, 0.15) is 17.9 Å². The first-order valence-corrected chi connectivity index (χ1v) is 9.14. The Kier molecular flexibility index (Phi) is 14.2. The Labute approximate surface area is 170 Å². The van der Waals surface area contributed by atoms with Crippen LogP contribution in [0.25, 0.3) is 0 Å². The molecular weight excluding hydrogens is 389 g/mol. The molecule has 170 valence electrons. The third-order valence-corrected chi connectivity index (χ3v) is 2.44. The van der Waals surface area contributed by atoms with Gasteiger partial charge in [0.15, 0.2) is 0 Å². The van der Waals surface area contributed by atoms with Crippen LogP contribution in [0.3, 0.4) is 0 Å². The summed E-state index contributed by atoms with van der Waals surface area (Å²) in [7, 11) is 0. The van der Waals surface area contributed by atoms with Gasteiger partial charge in [-0.05, 0) is 41.5 Å². The molecule has 0 unspecified atom stereocenters. The van der Waals surface area contributed by atoms with E-state index in [0.29, 0.717) is 0 Å². The van der Waals surface area contributed by atoms with E-state index in [2.05, 4.69) is 16.0 Å². The molecule has 0 spiro atoms. The van der Waals surface area contributed by atoms with Crippen molar-refractivity contribution in [1.29, 1.82) is 0 Å². The third kappa shape index (κ3) is 25.4. The molecule has 10 nitrogen and oxygen atoms in total. The van der Waals surface area contributed by atoms with Gasteiger partial charge in [-0.15, -0.1) is 0 Å². The SMILES string of the molecule is CC(C)(C)OC(=O)NCCC(=O)NCCF.CC(C)(C)OC(=O)NCCC(=O)O. The quantitative estimate of drug-likeness (QED) is 0.467. The van der Waals surface area contributed by atoms with E-state index in [-0.39, 0.29) is 38.4 Å². The lowest BCUT2D eigenvalue weighted by Gasteiger charge is -2.19. The average molecular weight is 423 g/mol. The van der Waals surface area contributed by atoms with Crippen LogP contribution in [-0.2, 0) is 19.1 Å². The second-order valence-electron chi connectivity index (χ2n) is 7.79. The normalized spacial score (nSPS) is 10.7. The molecule has 0 aromatic rings. The summed E-state index contributed by atoms with van der Waals surface area (Å²) >= 11 is 0. The van der Waals surface area contributed by atoms with E-state index in [0.717, 1.165) is 0 Å². The molecule has 11 heteroatoms. The van der Waals surface area contributed by atoms with Crippen molar-refractivity contribution in [3.8, 4) is 0 Å². The molecule has 0 atom stereocenters. The second-order valence-corrected chi connectivity index (χ2v) is 7.79. The fourth-order valence-corrected chi connectivity index (χ4v) is 1.45. The van der Waals surface area contributed by atoms with E-state index in [4.69, 9.17) is 14.6 Å². The minimum atomic E-state index is -0.948. The molecule has 0 aromatic heterocycles. The number of aliphatic carboxylic acids is 1. The first-order chi connectivity index (χ1) is 13.2. The van der Waals surface area contributed by atoms with Crippen LogP contribution in [0.1, 0.15) is 54.4 Å². The van der Waals surface area contributed by atoms with Crippen LogP contribution in [0.2, 0.25) is 0 Å². The lowest BCUT2D eigenvalue weighted by Crippen LogP contribution is -2.35. The molecule has 0 radical (unpaired) electrons. The van der Waals surface area contributed by atoms with Crippen LogP contribution in [0.4, 0.5) is 14.0 Å². The lowest BCUT2D eigenvalue weighted by molar-refractivity contribution is -0.136. The Morgan fingerprint density at radius 2 is 1.17 bits per heavy atom. The highest BCUT2D eigenvalue weighted by Gasteiger charge is 2.16. The number of carbonyl (C=O) groups excluding carboxylic acids is 3. The van der Waals surface area contributed by atoms with Crippen molar-refractivity contribution in [2.45, 2.75) is 65.6 Å². The standard InChI is InChI=1S/C10H19FN2O3.C8H15NO4/c1-10(2,3)16-9(15)13-6-4-8(14)12-7-5-11;1-8(2,3)13-7(12)9-5-4-6(10)11/h4-7H2,1-3H3,(H,12,14)(H,13,15);4-5H2,1-3H3,(H,9,12)(H,10,11). The van der Waals surface area contributed by atoms with Crippen molar-refractivity contribution in [3.63, 3.8) is 0 Å². The fraction of sp³-hybridized carbons (Fsp3) is 0.778. The fourth-order valence-electron chi connectivity index (χ4n) is 1.45. The number of hydrogen-bond acceptors (Lipinski definition) is 6. The van der Waals surface area contributed by atoms with Crippen LogP contribution in [0.5, 0.6) is 0 Å². The third-order valence-electron chi connectivity index (χ3n) is 2.44. The van der Waals surface area contributed by atoms with E-state index < -0.39 is 36.0 Å². The summed E-state index contributed by atoms with van der Waals surface area (Å²) in [6, 6.07) is 0.